The first-order chi connectivity index (χ1) is 7.15. The molecule has 0 saturated carbocycles. The second kappa shape index (κ2) is 4.72. The number of aliphatic imine (C=N–C) groups is 1. The number of pyridine rings is 1. The molecule has 0 aliphatic heterocycles. The summed E-state index contributed by atoms with van der Waals surface area (Å²) >= 11 is 0. The van der Waals surface area contributed by atoms with Gasteiger partial charge in [-0.25, -0.2) is 4.99 Å². The lowest BCUT2D eigenvalue weighted by atomic mass is 10.1. The molecule has 1 rings (SSSR count). The molecular weight excluding hydrogens is 190 g/mol. The van der Waals surface area contributed by atoms with Gasteiger partial charge < -0.3 is 4.98 Å². The molecule has 0 bridgehead atoms. The molecule has 0 atom stereocenters. The smallest absolute Gasteiger partial charge is 0.255 e. The molecule has 0 unspecified atom stereocenters. The molecule has 0 aromatic carbocycles. The maximum Gasteiger partial charge on any atom is 0.255 e. The van der Waals surface area contributed by atoms with E-state index in [0.717, 1.165) is 0 Å². The van der Waals surface area contributed by atoms with Crippen LogP contribution in [0.15, 0.2) is 47.0 Å². The van der Waals surface area contributed by atoms with E-state index < -0.39 is 0 Å². The highest BCUT2D eigenvalue weighted by Gasteiger charge is 1.99. The number of nitriles is 1. The lowest BCUT2D eigenvalue weighted by Crippen LogP contribution is -2.10. The second-order valence-corrected chi connectivity index (χ2v) is 2.75. The lowest BCUT2D eigenvalue weighted by Gasteiger charge is -1.96. The molecule has 0 aliphatic rings. The molecule has 0 amide bonds. The van der Waals surface area contributed by atoms with Crippen molar-refractivity contribution in [3.8, 4) is 6.07 Å². The molecule has 0 fully saturated rings. The van der Waals surface area contributed by atoms with E-state index in [-0.39, 0.29) is 11.3 Å². The number of allylic oxidation sites excluding steroid dienone is 2. The van der Waals surface area contributed by atoms with E-state index in [1.165, 1.54) is 12.4 Å². The summed E-state index contributed by atoms with van der Waals surface area (Å²) < 4.78 is 0. The molecular formula is C11H9N3O. The van der Waals surface area contributed by atoms with Gasteiger partial charge in [-0.1, -0.05) is 13.2 Å². The fourth-order valence-electron chi connectivity index (χ4n) is 0.929. The van der Waals surface area contributed by atoms with E-state index in [1.807, 2.05) is 0 Å². The number of aromatic nitrogens is 1. The molecule has 1 heterocycles. The molecule has 0 aliphatic carbocycles. The highest BCUT2D eigenvalue weighted by Crippen LogP contribution is 2.03. The Morgan fingerprint density at radius 2 is 2.33 bits per heavy atom. The van der Waals surface area contributed by atoms with E-state index in [9.17, 15) is 4.79 Å². The molecule has 1 N–H and O–H groups in total. The number of aromatic amines is 1. The number of H-pyrrole nitrogens is 1. The van der Waals surface area contributed by atoms with Crippen molar-refractivity contribution < 1.29 is 0 Å². The minimum atomic E-state index is -0.239. The van der Waals surface area contributed by atoms with Crippen LogP contribution in [-0.4, -0.2) is 11.2 Å². The number of hydrogen-bond acceptors (Lipinski definition) is 3. The first-order valence-corrected chi connectivity index (χ1v) is 4.15. The minimum absolute atomic E-state index is 0.0727. The van der Waals surface area contributed by atoms with Crippen LogP contribution >= 0.6 is 0 Å². The largest absolute Gasteiger partial charge is 0.329 e. The van der Waals surface area contributed by atoms with Gasteiger partial charge in [0.15, 0.2) is 0 Å². The third-order valence-corrected chi connectivity index (χ3v) is 1.67. The Kier molecular flexibility index (Phi) is 3.36. The lowest BCUT2D eigenvalue weighted by molar-refractivity contribution is 1.22. The Morgan fingerprint density at radius 1 is 1.60 bits per heavy atom. The highest BCUT2D eigenvalue weighted by molar-refractivity contribution is 6.08. The van der Waals surface area contributed by atoms with Gasteiger partial charge in [-0.2, -0.15) is 5.26 Å². The van der Waals surface area contributed by atoms with Gasteiger partial charge in [0.2, 0.25) is 0 Å². The van der Waals surface area contributed by atoms with E-state index in [4.69, 9.17) is 5.26 Å². The van der Waals surface area contributed by atoms with E-state index in [2.05, 4.69) is 23.1 Å². The molecule has 1 aromatic heterocycles. The van der Waals surface area contributed by atoms with Crippen molar-refractivity contribution in [3.63, 3.8) is 0 Å². The Morgan fingerprint density at radius 3 is 2.93 bits per heavy atom. The van der Waals surface area contributed by atoms with Gasteiger partial charge in [0.1, 0.15) is 11.8 Å². The van der Waals surface area contributed by atoms with E-state index in [1.54, 1.807) is 18.2 Å². The van der Waals surface area contributed by atoms with Gasteiger partial charge in [0.05, 0.1) is 0 Å². The Labute approximate surface area is 86.9 Å². The van der Waals surface area contributed by atoms with Crippen LogP contribution < -0.4 is 5.56 Å². The summed E-state index contributed by atoms with van der Waals surface area (Å²) in [6.07, 6.45) is 2.88. The SMILES string of the molecule is C=C(C#N)N=CC(=C)c1ccc[nH]c1=O. The molecule has 74 valence electrons. The fraction of sp³-hybridized carbons (Fsp3) is 0. The quantitative estimate of drug-likeness (QED) is 0.592. The van der Waals surface area contributed by atoms with Crippen LogP contribution in [0.1, 0.15) is 5.56 Å². The summed E-state index contributed by atoms with van der Waals surface area (Å²) in [6.45, 7) is 7.05. The predicted molar refractivity (Wildman–Crippen MR) is 59.3 cm³/mol. The zero-order valence-electron chi connectivity index (χ0n) is 8.03. The van der Waals surface area contributed by atoms with Gasteiger partial charge in [-0.15, -0.1) is 0 Å². The zero-order chi connectivity index (χ0) is 11.3. The zero-order valence-corrected chi connectivity index (χ0v) is 8.03. The Hall–Kier alpha value is -2.41. The molecule has 0 spiro atoms. The van der Waals surface area contributed by atoms with Crippen molar-refractivity contribution in [2.24, 2.45) is 4.99 Å². The van der Waals surface area contributed by atoms with Crippen LogP contribution in [0.5, 0.6) is 0 Å². The number of nitrogens with one attached hydrogen (secondary N) is 1. The number of rotatable bonds is 3. The van der Waals surface area contributed by atoms with E-state index in [0.29, 0.717) is 11.1 Å². The minimum Gasteiger partial charge on any atom is -0.329 e. The molecule has 0 saturated heterocycles. The molecule has 15 heavy (non-hydrogen) atoms. The van der Waals surface area contributed by atoms with Crippen LogP contribution in [0, 0.1) is 11.3 Å². The first-order valence-electron chi connectivity index (χ1n) is 4.15. The van der Waals surface area contributed by atoms with Gasteiger partial charge in [0, 0.05) is 18.0 Å². The Bertz CT molecular complexity index is 517. The fourth-order valence-corrected chi connectivity index (χ4v) is 0.929. The monoisotopic (exact) mass is 199 g/mol. The molecule has 4 heteroatoms. The summed E-state index contributed by atoms with van der Waals surface area (Å²) in [5.41, 5.74) is 0.695. The van der Waals surface area contributed by atoms with Crippen molar-refractivity contribution in [1.29, 1.82) is 5.26 Å². The van der Waals surface area contributed by atoms with Crippen LogP contribution in [0.3, 0.4) is 0 Å². The van der Waals surface area contributed by atoms with Crippen molar-refractivity contribution in [2.45, 2.75) is 0 Å². The molecule has 1 aromatic rings. The van der Waals surface area contributed by atoms with E-state index >= 15 is 0 Å². The van der Waals surface area contributed by atoms with Crippen molar-refractivity contribution >= 4 is 11.8 Å². The summed E-state index contributed by atoms with van der Waals surface area (Å²) in [7, 11) is 0. The van der Waals surface area contributed by atoms with Gasteiger partial charge in [0.25, 0.3) is 5.56 Å². The van der Waals surface area contributed by atoms with Crippen LogP contribution in [-0.2, 0) is 0 Å². The second-order valence-electron chi connectivity index (χ2n) is 2.75. The van der Waals surface area contributed by atoms with Crippen molar-refractivity contribution in [3.05, 3.63) is 53.1 Å². The van der Waals surface area contributed by atoms with Crippen LogP contribution in [0.2, 0.25) is 0 Å². The summed E-state index contributed by atoms with van der Waals surface area (Å²) in [6, 6.07) is 5.08. The van der Waals surface area contributed by atoms with Gasteiger partial charge in [-0.05, 0) is 17.7 Å². The highest BCUT2D eigenvalue weighted by atomic mass is 16.1. The molecule has 4 nitrogen and oxygen atoms in total. The van der Waals surface area contributed by atoms with Gasteiger partial charge in [-0.3, -0.25) is 4.79 Å². The van der Waals surface area contributed by atoms with Gasteiger partial charge >= 0.3 is 0 Å². The average Bonchev–Trinajstić information content (AvgIpc) is 2.26. The standard InChI is InChI=1S/C11H9N3O/c1-8(7-14-9(2)6-12)10-4-3-5-13-11(10)15/h3-5,7H,1-2H2,(H,13,15). The van der Waals surface area contributed by atoms with Crippen molar-refractivity contribution in [1.82, 2.24) is 4.98 Å². The summed E-state index contributed by atoms with van der Waals surface area (Å²) in [5.74, 6) is 0. The topological polar surface area (TPSA) is 69.0 Å². The molecule has 0 radical (unpaired) electrons. The number of hydrogen-bond donors (Lipinski definition) is 1. The third kappa shape index (κ3) is 2.78. The van der Waals surface area contributed by atoms with Crippen LogP contribution in [0.25, 0.3) is 5.57 Å². The maximum absolute atomic E-state index is 11.3. The van der Waals surface area contributed by atoms with Crippen LogP contribution in [0.4, 0.5) is 0 Å². The average molecular weight is 199 g/mol. The third-order valence-electron chi connectivity index (χ3n) is 1.67. The summed E-state index contributed by atoms with van der Waals surface area (Å²) in [5, 5.41) is 8.41. The van der Waals surface area contributed by atoms with Crippen molar-refractivity contribution in [2.75, 3.05) is 0 Å². The number of nitrogens with zero attached hydrogens (tertiary/aromatic N) is 2. The normalized spacial score (nSPS) is 9.80. The summed E-state index contributed by atoms with van der Waals surface area (Å²) in [4.78, 5) is 17.6. The predicted octanol–water partition coefficient (Wildman–Crippen LogP) is 1.50. The maximum atomic E-state index is 11.3. The Balaban J connectivity index is 2.94. The first kappa shape index (κ1) is 10.7.